The fraction of sp³-hybridized carbons (Fsp3) is 0.333. The Kier molecular flexibility index (Phi) is 6.46. The van der Waals surface area contributed by atoms with Gasteiger partial charge in [-0.1, -0.05) is 0 Å². The molecule has 0 spiro atoms. The molecule has 162 valence electrons. The molecule has 1 aliphatic heterocycles. The van der Waals surface area contributed by atoms with Gasteiger partial charge in [-0.05, 0) is 48.6 Å². The lowest BCUT2D eigenvalue weighted by Crippen LogP contribution is -2.45. The maximum Gasteiger partial charge on any atom is 0.322 e. The monoisotopic (exact) mass is 441 g/mol. The van der Waals surface area contributed by atoms with Crippen LogP contribution in [0.15, 0.2) is 57.3 Å². The number of urea groups is 1. The molecule has 0 atom stereocenters. The molecule has 4 rings (SSSR count). The van der Waals surface area contributed by atoms with Crippen LogP contribution in [0.3, 0.4) is 0 Å². The summed E-state index contributed by atoms with van der Waals surface area (Å²) < 4.78 is 6.63. The lowest BCUT2D eigenvalue weighted by Gasteiger charge is -2.31. The van der Waals surface area contributed by atoms with Gasteiger partial charge in [0, 0.05) is 31.6 Å². The first-order valence-electron chi connectivity index (χ1n) is 10.1. The summed E-state index contributed by atoms with van der Waals surface area (Å²) in [5.41, 5.74) is 0.318. The van der Waals surface area contributed by atoms with Gasteiger partial charge in [-0.3, -0.25) is 14.9 Å². The van der Waals surface area contributed by atoms with Crippen molar-refractivity contribution in [3.63, 3.8) is 0 Å². The van der Waals surface area contributed by atoms with E-state index < -0.39 is 0 Å². The average molecular weight is 442 g/mol. The molecule has 3 amide bonds. The molecule has 0 saturated carbocycles. The highest BCUT2D eigenvalue weighted by atomic mass is 32.1. The van der Waals surface area contributed by atoms with Crippen LogP contribution >= 0.6 is 11.3 Å². The van der Waals surface area contributed by atoms with E-state index in [0.717, 1.165) is 5.00 Å². The van der Waals surface area contributed by atoms with Crippen molar-refractivity contribution in [3.05, 3.63) is 58.4 Å². The van der Waals surface area contributed by atoms with Gasteiger partial charge in [0.2, 0.25) is 5.91 Å². The van der Waals surface area contributed by atoms with E-state index in [1.165, 1.54) is 22.1 Å². The number of thiophene rings is 1. The minimum atomic E-state index is -0.241. The Bertz CT molecular complexity index is 1070. The molecule has 0 bridgehead atoms. The standard InChI is InChI=1S/C21H23N5O4S/c27-19-6-5-16(17-3-1-13-30-17)24-26(19)12-9-22-20(28)15-7-10-25(11-8-15)21(29)23-18-4-2-14-31-18/h1-6,13-15H,7-12H2,(H,22,28)(H,23,29). The van der Waals surface area contributed by atoms with Crippen molar-refractivity contribution in [1.82, 2.24) is 20.0 Å². The maximum atomic E-state index is 12.5. The van der Waals surface area contributed by atoms with Gasteiger partial charge in [0.25, 0.3) is 5.56 Å². The molecule has 0 unspecified atom stereocenters. The van der Waals surface area contributed by atoms with Crippen LogP contribution in [-0.4, -0.2) is 46.3 Å². The van der Waals surface area contributed by atoms with E-state index in [4.69, 9.17) is 4.42 Å². The van der Waals surface area contributed by atoms with Gasteiger partial charge in [0.1, 0.15) is 5.69 Å². The van der Waals surface area contributed by atoms with Crippen molar-refractivity contribution < 1.29 is 14.0 Å². The highest BCUT2D eigenvalue weighted by Gasteiger charge is 2.27. The van der Waals surface area contributed by atoms with E-state index >= 15 is 0 Å². The van der Waals surface area contributed by atoms with Gasteiger partial charge in [-0.25, -0.2) is 9.48 Å². The third-order valence-electron chi connectivity index (χ3n) is 5.17. The average Bonchev–Trinajstić information content (AvgIpc) is 3.49. The number of likely N-dealkylation sites (tertiary alicyclic amines) is 1. The van der Waals surface area contributed by atoms with Gasteiger partial charge in [-0.15, -0.1) is 11.3 Å². The predicted octanol–water partition coefficient (Wildman–Crippen LogP) is 2.63. The summed E-state index contributed by atoms with van der Waals surface area (Å²) in [7, 11) is 0. The van der Waals surface area contributed by atoms with E-state index in [1.807, 2.05) is 17.5 Å². The normalized spacial score (nSPS) is 14.4. The van der Waals surface area contributed by atoms with E-state index in [1.54, 1.807) is 29.4 Å². The van der Waals surface area contributed by atoms with Gasteiger partial charge < -0.3 is 14.6 Å². The number of carbonyl (C=O) groups excluding carboxylic acids is 2. The fourth-order valence-electron chi connectivity index (χ4n) is 3.47. The second-order valence-electron chi connectivity index (χ2n) is 7.22. The van der Waals surface area contributed by atoms with Gasteiger partial charge in [0.05, 0.1) is 17.8 Å². The second-order valence-corrected chi connectivity index (χ2v) is 8.16. The highest BCUT2D eigenvalue weighted by Crippen LogP contribution is 2.20. The summed E-state index contributed by atoms with van der Waals surface area (Å²) in [5, 5.41) is 12.8. The zero-order valence-corrected chi connectivity index (χ0v) is 17.6. The van der Waals surface area contributed by atoms with Gasteiger partial charge >= 0.3 is 6.03 Å². The predicted molar refractivity (Wildman–Crippen MR) is 117 cm³/mol. The summed E-state index contributed by atoms with van der Waals surface area (Å²) in [6, 6.07) is 10.2. The number of amides is 3. The Labute approximate surface area is 182 Å². The molecule has 4 heterocycles. The maximum absolute atomic E-state index is 12.5. The summed E-state index contributed by atoms with van der Waals surface area (Å²) >= 11 is 1.47. The van der Waals surface area contributed by atoms with E-state index in [-0.39, 0.29) is 30.0 Å². The minimum absolute atomic E-state index is 0.0615. The Hall–Kier alpha value is -3.40. The Morgan fingerprint density at radius 1 is 1.16 bits per heavy atom. The second kappa shape index (κ2) is 9.61. The quantitative estimate of drug-likeness (QED) is 0.611. The number of nitrogens with one attached hydrogen (secondary N) is 2. The topological polar surface area (TPSA) is 109 Å². The van der Waals surface area contributed by atoms with E-state index in [0.29, 0.717) is 43.9 Å². The summed E-state index contributed by atoms with van der Waals surface area (Å²) in [5.74, 6) is 0.367. The van der Waals surface area contributed by atoms with Crippen molar-refractivity contribution in [2.75, 3.05) is 25.0 Å². The first kappa shape index (κ1) is 20.9. The van der Waals surface area contributed by atoms with Gasteiger partial charge in [-0.2, -0.15) is 5.10 Å². The number of nitrogens with zero attached hydrogens (tertiary/aromatic N) is 3. The number of rotatable bonds is 6. The van der Waals surface area contributed by atoms with Crippen LogP contribution in [0, 0.1) is 5.92 Å². The lowest BCUT2D eigenvalue weighted by molar-refractivity contribution is -0.126. The first-order chi connectivity index (χ1) is 15.1. The molecule has 1 aliphatic rings. The number of furan rings is 1. The fourth-order valence-corrected chi connectivity index (χ4v) is 4.08. The number of anilines is 1. The summed E-state index contributed by atoms with van der Waals surface area (Å²) in [6.45, 7) is 1.62. The summed E-state index contributed by atoms with van der Waals surface area (Å²) in [6.07, 6.45) is 2.76. The molecule has 10 heteroatoms. The van der Waals surface area contributed by atoms with Crippen molar-refractivity contribution in [1.29, 1.82) is 0 Å². The number of aromatic nitrogens is 2. The molecular formula is C21H23N5O4S. The van der Waals surface area contributed by atoms with Crippen LogP contribution in [0.1, 0.15) is 12.8 Å². The Morgan fingerprint density at radius 3 is 2.71 bits per heavy atom. The third kappa shape index (κ3) is 5.21. The van der Waals surface area contributed by atoms with Gasteiger partial charge in [0.15, 0.2) is 5.76 Å². The van der Waals surface area contributed by atoms with Crippen LogP contribution in [-0.2, 0) is 11.3 Å². The molecular weight excluding hydrogens is 418 g/mol. The smallest absolute Gasteiger partial charge is 0.322 e. The SMILES string of the molecule is O=C(NCCn1nc(-c2ccco2)ccc1=O)C1CCN(C(=O)Nc2cccs2)CC1. The molecule has 1 fully saturated rings. The van der Waals surface area contributed by atoms with Crippen molar-refractivity contribution in [3.8, 4) is 11.5 Å². The largest absolute Gasteiger partial charge is 0.463 e. The summed E-state index contributed by atoms with van der Waals surface area (Å²) in [4.78, 5) is 38.6. The minimum Gasteiger partial charge on any atom is -0.463 e. The van der Waals surface area contributed by atoms with Crippen LogP contribution in [0.25, 0.3) is 11.5 Å². The molecule has 0 aliphatic carbocycles. The zero-order chi connectivity index (χ0) is 21.6. The molecule has 3 aromatic heterocycles. The van der Waals surface area contributed by atoms with Crippen LogP contribution in [0.2, 0.25) is 0 Å². The third-order valence-corrected chi connectivity index (χ3v) is 5.95. The van der Waals surface area contributed by atoms with Crippen molar-refractivity contribution in [2.24, 2.45) is 5.92 Å². The first-order valence-corrected chi connectivity index (χ1v) is 11.0. The lowest BCUT2D eigenvalue weighted by atomic mass is 9.96. The van der Waals surface area contributed by atoms with Crippen LogP contribution in [0.5, 0.6) is 0 Å². The molecule has 31 heavy (non-hydrogen) atoms. The number of hydrogen-bond acceptors (Lipinski definition) is 6. The Morgan fingerprint density at radius 2 is 2.00 bits per heavy atom. The molecule has 2 N–H and O–H groups in total. The number of piperidine rings is 1. The Balaban J connectivity index is 1.23. The van der Waals surface area contributed by atoms with Crippen molar-refractivity contribution in [2.45, 2.75) is 19.4 Å². The van der Waals surface area contributed by atoms with Crippen molar-refractivity contribution >= 4 is 28.3 Å². The van der Waals surface area contributed by atoms with Crippen LogP contribution < -0.4 is 16.2 Å². The zero-order valence-electron chi connectivity index (χ0n) is 16.8. The molecule has 0 radical (unpaired) electrons. The molecule has 3 aromatic rings. The van der Waals surface area contributed by atoms with Crippen LogP contribution in [0.4, 0.5) is 9.80 Å². The van der Waals surface area contributed by atoms with E-state index in [9.17, 15) is 14.4 Å². The van der Waals surface area contributed by atoms with E-state index in [2.05, 4.69) is 15.7 Å². The number of hydrogen-bond donors (Lipinski definition) is 2. The molecule has 9 nitrogen and oxygen atoms in total. The highest BCUT2D eigenvalue weighted by molar-refractivity contribution is 7.14. The molecule has 1 saturated heterocycles. The number of carbonyl (C=O) groups is 2. The molecule has 0 aromatic carbocycles.